The van der Waals surface area contributed by atoms with Crippen molar-refractivity contribution in [3.8, 4) is 5.75 Å². The van der Waals surface area contributed by atoms with Crippen molar-refractivity contribution >= 4 is 0 Å². The second-order valence-corrected chi connectivity index (χ2v) is 5.60. The molecule has 1 heterocycles. The minimum Gasteiger partial charge on any atom is -0.497 e. The number of methoxy groups -OCH3 is 1. The number of aryl methyl sites for hydroxylation is 2. The van der Waals surface area contributed by atoms with E-state index in [9.17, 15) is 0 Å². The normalized spacial score (nSPS) is 17.3. The van der Waals surface area contributed by atoms with Crippen LogP contribution < -0.4 is 10.1 Å². The topological polar surface area (TPSA) is 47.0 Å². The first kappa shape index (κ1) is 14.0. The van der Waals surface area contributed by atoms with Crippen LogP contribution in [0.5, 0.6) is 5.75 Å². The molecule has 3 rings (SSSR count). The molecule has 0 saturated carbocycles. The second kappa shape index (κ2) is 6.22. The molecular weight excluding hydrogens is 262 g/mol. The summed E-state index contributed by atoms with van der Waals surface area (Å²) in [7, 11) is 1.72. The fourth-order valence-electron chi connectivity index (χ4n) is 2.79. The van der Waals surface area contributed by atoms with E-state index < -0.39 is 0 Å². The predicted octanol–water partition coefficient (Wildman–Crippen LogP) is 2.44. The third-order valence-corrected chi connectivity index (χ3v) is 4.05. The van der Waals surface area contributed by atoms with Gasteiger partial charge < -0.3 is 10.1 Å². The highest BCUT2D eigenvalue weighted by atomic mass is 16.5. The number of ether oxygens (including phenoxy) is 1. The molecule has 0 spiro atoms. The number of benzene rings is 1. The van der Waals surface area contributed by atoms with Crippen molar-refractivity contribution in [1.29, 1.82) is 0 Å². The molecule has 4 heteroatoms. The van der Waals surface area contributed by atoms with E-state index in [2.05, 4.69) is 33.5 Å². The molecule has 21 heavy (non-hydrogen) atoms. The van der Waals surface area contributed by atoms with E-state index in [1.54, 1.807) is 7.11 Å². The minimum atomic E-state index is 0.493. The Bertz CT molecular complexity index is 610. The fourth-order valence-corrected chi connectivity index (χ4v) is 2.79. The smallest absolute Gasteiger partial charge is 0.119 e. The lowest BCUT2D eigenvalue weighted by Crippen LogP contribution is -2.34. The van der Waals surface area contributed by atoms with Crippen LogP contribution in [0, 0.1) is 6.92 Å². The Kier molecular flexibility index (Phi) is 4.15. The Morgan fingerprint density at radius 2 is 2.14 bits per heavy atom. The monoisotopic (exact) mass is 283 g/mol. The molecule has 1 unspecified atom stereocenters. The SMILES string of the molecule is COc1ccc2c(c1)CC(NCc1cnc(C)cn1)CC2. The lowest BCUT2D eigenvalue weighted by molar-refractivity contribution is 0.410. The first-order valence-corrected chi connectivity index (χ1v) is 7.41. The van der Waals surface area contributed by atoms with Gasteiger partial charge in [-0.1, -0.05) is 6.07 Å². The van der Waals surface area contributed by atoms with Gasteiger partial charge in [0.25, 0.3) is 0 Å². The van der Waals surface area contributed by atoms with Gasteiger partial charge in [-0.3, -0.25) is 9.97 Å². The molecule has 4 nitrogen and oxygen atoms in total. The molecule has 0 amide bonds. The van der Waals surface area contributed by atoms with Crippen LogP contribution in [0.15, 0.2) is 30.6 Å². The fraction of sp³-hybridized carbons (Fsp3) is 0.412. The van der Waals surface area contributed by atoms with E-state index >= 15 is 0 Å². The maximum absolute atomic E-state index is 5.32. The molecule has 1 aromatic carbocycles. The summed E-state index contributed by atoms with van der Waals surface area (Å²) in [6, 6.07) is 6.90. The quantitative estimate of drug-likeness (QED) is 0.936. The molecule has 1 aliphatic carbocycles. The van der Waals surface area contributed by atoms with Crippen LogP contribution in [-0.4, -0.2) is 23.1 Å². The maximum Gasteiger partial charge on any atom is 0.119 e. The van der Waals surface area contributed by atoms with Crippen molar-refractivity contribution in [2.45, 2.75) is 38.8 Å². The molecule has 1 aliphatic rings. The summed E-state index contributed by atoms with van der Waals surface area (Å²) in [6.07, 6.45) is 7.00. The van der Waals surface area contributed by atoms with Crippen LogP contribution in [0.1, 0.15) is 28.9 Å². The number of rotatable bonds is 4. The molecule has 1 N–H and O–H groups in total. The number of hydrogen-bond acceptors (Lipinski definition) is 4. The number of hydrogen-bond donors (Lipinski definition) is 1. The van der Waals surface area contributed by atoms with Gasteiger partial charge in [0.1, 0.15) is 5.75 Å². The van der Waals surface area contributed by atoms with Gasteiger partial charge in [0.05, 0.1) is 18.5 Å². The Morgan fingerprint density at radius 1 is 1.24 bits per heavy atom. The van der Waals surface area contributed by atoms with Crippen LogP contribution >= 0.6 is 0 Å². The van der Waals surface area contributed by atoms with Crippen molar-refractivity contribution in [1.82, 2.24) is 15.3 Å². The zero-order valence-electron chi connectivity index (χ0n) is 12.6. The highest BCUT2D eigenvalue weighted by molar-refractivity contribution is 5.37. The van der Waals surface area contributed by atoms with E-state index in [1.807, 2.05) is 19.3 Å². The van der Waals surface area contributed by atoms with Crippen LogP contribution in [0.2, 0.25) is 0 Å². The molecule has 0 radical (unpaired) electrons. The van der Waals surface area contributed by atoms with Gasteiger partial charge in [0.2, 0.25) is 0 Å². The molecule has 110 valence electrons. The van der Waals surface area contributed by atoms with E-state index in [1.165, 1.54) is 17.5 Å². The zero-order valence-corrected chi connectivity index (χ0v) is 12.6. The van der Waals surface area contributed by atoms with E-state index in [0.29, 0.717) is 6.04 Å². The summed E-state index contributed by atoms with van der Waals surface area (Å²) < 4.78 is 5.32. The Balaban J connectivity index is 1.62. The molecule has 1 atom stereocenters. The largest absolute Gasteiger partial charge is 0.497 e. The summed E-state index contributed by atoms with van der Waals surface area (Å²) in [6.45, 7) is 2.73. The van der Waals surface area contributed by atoms with Crippen molar-refractivity contribution < 1.29 is 4.74 Å². The zero-order chi connectivity index (χ0) is 14.7. The van der Waals surface area contributed by atoms with Gasteiger partial charge in [-0.15, -0.1) is 0 Å². The molecule has 0 saturated heterocycles. The van der Waals surface area contributed by atoms with Gasteiger partial charge in [0, 0.05) is 25.0 Å². The highest BCUT2D eigenvalue weighted by Gasteiger charge is 2.18. The summed E-state index contributed by atoms with van der Waals surface area (Å²) >= 11 is 0. The van der Waals surface area contributed by atoms with Gasteiger partial charge in [0.15, 0.2) is 0 Å². The van der Waals surface area contributed by atoms with E-state index in [4.69, 9.17) is 4.74 Å². The van der Waals surface area contributed by atoms with Crippen LogP contribution in [0.3, 0.4) is 0 Å². The standard InChI is InChI=1S/C17H21N3O/c1-12-9-19-16(10-18-12)11-20-15-5-3-13-4-6-17(21-2)8-14(13)7-15/h4,6,8-10,15,20H,3,5,7,11H2,1-2H3. The lowest BCUT2D eigenvalue weighted by Gasteiger charge is -2.26. The Hall–Kier alpha value is -1.94. The summed E-state index contributed by atoms with van der Waals surface area (Å²) in [4.78, 5) is 8.67. The first-order valence-electron chi connectivity index (χ1n) is 7.41. The van der Waals surface area contributed by atoms with Crippen molar-refractivity contribution in [3.63, 3.8) is 0 Å². The summed E-state index contributed by atoms with van der Waals surface area (Å²) in [5.74, 6) is 0.943. The van der Waals surface area contributed by atoms with Gasteiger partial charge in [-0.2, -0.15) is 0 Å². The molecule has 0 aliphatic heterocycles. The predicted molar refractivity (Wildman–Crippen MR) is 82.4 cm³/mol. The molecule has 1 aromatic heterocycles. The average molecular weight is 283 g/mol. The maximum atomic E-state index is 5.32. The average Bonchev–Trinajstić information content (AvgIpc) is 2.53. The van der Waals surface area contributed by atoms with Crippen LogP contribution in [0.4, 0.5) is 0 Å². The number of fused-ring (bicyclic) bond motifs is 1. The van der Waals surface area contributed by atoms with Gasteiger partial charge in [-0.25, -0.2) is 0 Å². The van der Waals surface area contributed by atoms with E-state index in [0.717, 1.165) is 36.5 Å². The Labute approximate surface area is 125 Å². The van der Waals surface area contributed by atoms with Crippen molar-refractivity contribution in [2.24, 2.45) is 0 Å². The summed E-state index contributed by atoms with van der Waals surface area (Å²) in [5.41, 5.74) is 4.80. The molecule has 0 bridgehead atoms. The third-order valence-electron chi connectivity index (χ3n) is 4.05. The van der Waals surface area contributed by atoms with Crippen LogP contribution in [-0.2, 0) is 19.4 Å². The second-order valence-electron chi connectivity index (χ2n) is 5.60. The lowest BCUT2D eigenvalue weighted by atomic mass is 9.88. The summed E-state index contributed by atoms with van der Waals surface area (Å²) in [5, 5.41) is 3.59. The van der Waals surface area contributed by atoms with Gasteiger partial charge >= 0.3 is 0 Å². The Morgan fingerprint density at radius 3 is 2.90 bits per heavy atom. The molecular formula is C17H21N3O. The first-order chi connectivity index (χ1) is 10.2. The number of aromatic nitrogens is 2. The third kappa shape index (κ3) is 3.39. The van der Waals surface area contributed by atoms with Crippen LogP contribution in [0.25, 0.3) is 0 Å². The minimum absolute atomic E-state index is 0.493. The number of nitrogens with one attached hydrogen (secondary N) is 1. The van der Waals surface area contributed by atoms with Crippen molar-refractivity contribution in [3.05, 3.63) is 53.1 Å². The van der Waals surface area contributed by atoms with Crippen molar-refractivity contribution in [2.75, 3.05) is 7.11 Å². The molecule has 0 fully saturated rings. The van der Waals surface area contributed by atoms with Gasteiger partial charge in [-0.05, 0) is 49.4 Å². The highest BCUT2D eigenvalue weighted by Crippen LogP contribution is 2.25. The molecule has 2 aromatic rings. The van der Waals surface area contributed by atoms with E-state index in [-0.39, 0.29) is 0 Å². The number of nitrogens with zero attached hydrogens (tertiary/aromatic N) is 2.